The quantitative estimate of drug-likeness (QED) is 0.644. The van der Waals surface area contributed by atoms with E-state index in [9.17, 15) is 0 Å². The lowest BCUT2D eigenvalue weighted by atomic mass is 10.2. The highest BCUT2D eigenvalue weighted by molar-refractivity contribution is 5.79. The molecule has 1 N–H and O–H groups in total. The molecule has 0 saturated carbocycles. The van der Waals surface area contributed by atoms with Crippen LogP contribution in [0, 0.1) is 0 Å². The second-order valence-electron chi connectivity index (χ2n) is 5.05. The summed E-state index contributed by atoms with van der Waals surface area (Å²) in [6, 6.07) is 2.48. The molecule has 1 unspecified atom stereocenters. The molecule has 1 fully saturated rings. The molecular weight excluding hydrogens is 242 g/mol. The number of aliphatic imine (C=N–C) groups is 1. The fourth-order valence-electron chi connectivity index (χ4n) is 2.47. The first-order chi connectivity index (χ1) is 9.20. The molecule has 2 heterocycles. The van der Waals surface area contributed by atoms with Crippen molar-refractivity contribution in [2.45, 2.75) is 25.4 Å². The van der Waals surface area contributed by atoms with E-state index in [1.807, 2.05) is 18.0 Å². The lowest BCUT2D eigenvalue weighted by Crippen LogP contribution is -2.44. The Hall–Kier alpha value is -1.56. The molecule has 1 aliphatic heterocycles. The topological polar surface area (TPSA) is 56.9 Å². The highest BCUT2D eigenvalue weighted by Gasteiger charge is 2.21. The molecule has 1 atom stereocenters. The number of hydrogen-bond donors (Lipinski definition) is 1. The predicted octanol–water partition coefficient (Wildman–Crippen LogP) is 0.776. The van der Waals surface area contributed by atoms with E-state index in [0.717, 1.165) is 18.2 Å². The zero-order valence-corrected chi connectivity index (χ0v) is 12.0. The van der Waals surface area contributed by atoms with Gasteiger partial charge in [-0.3, -0.25) is 4.99 Å². The maximum Gasteiger partial charge on any atom is 0.193 e. The van der Waals surface area contributed by atoms with Gasteiger partial charge < -0.3 is 19.6 Å². The van der Waals surface area contributed by atoms with Gasteiger partial charge in [0.1, 0.15) is 12.0 Å². The Morgan fingerprint density at radius 3 is 3.11 bits per heavy atom. The van der Waals surface area contributed by atoms with Crippen LogP contribution < -0.4 is 5.32 Å². The minimum Gasteiger partial charge on any atom is -0.364 e. The second-order valence-corrected chi connectivity index (χ2v) is 5.05. The van der Waals surface area contributed by atoms with E-state index >= 15 is 0 Å². The van der Waals surface area contributed by atoms with Crippen LogP contribution in [0.1, 0.15) is 18.5 Å². The van der Waals surface area contributed by atoms with Crippen molar-refractivity contribution in [2.24, 2.45) is 4.99 Å². The van der Waals surface area contributed by atoms with Gasteiger partial charge in [0, 0.05) is 32.7 Å². The molecule has 0 bridgehead atoms. The molecule has 0 aromatic carbocycles. The van der Waals surface area contributed by atoms with E-state index in [-0.39, 0.29) is 0 Å². The van der Waals surface area contributed by atoms with Gasteiger partial charge in [0.25, 0.3) is 0 Å². The third-order valence-electron chi connectivity index (χ3n) is 3.63. The first kappa shape index (κ1) is 13.9. The molecule has 1 aromatic rings. The molecule has 6 nitrogen and oxygen atoms in total. The zero-order valence-electron chi connectivity index (χ0n) is 12.0. The molecule has 6 heteroatoms. The highest BCUT2D eigenvalue weighted by Crippen LogP contribution is 2.13. The van der Waals surface area contributed by atoms with E-state index in [1.54, 1.807) is 13.3 Å². The Morgan fingerprint density at radius 2 is 2.53 bits per heavy atom. The predicted molar refractivity (Wildman–Crippen MR) is 75.0 cm³/mol. The lowest BCUT2D eigenvalue weighted by Gasteiger charge is -2.25. The summed E-state index contributed by atoms with van der Waals surface area (Å²) >= 11 is 0. The number of aromatic nitrogens is 1. The summed E-state index contributed by atoms with van der Waals surface area (Å²) < 4.78 is 4.84. The van der Waals surface area contributed by atoms with Crippen molar-refractivity contribution in [1.29, 1.82) is 0 Å². The third-order valence-corrected chi connectivity index (χ3v) is 3.63. The first-order valence-corrected chi connectivity index (χ1v) is 6.72. The van der Waals surface area contributed by atoms with Crippen LogP contribution in [0.3, 0.4) is 0 Å². The third kappa shape index (κ3) is 3.70. The van der Waals surface area contributed by atoms with Gasteiger partial charge >= 0.3 is 0 Å². The van der Waals surface area contributed by atoms with Crippen molar-refractivity contribution >= 4 is 5.96 Å². The Kier molecular flexibility index (Phi) is 4.79. The number of likely N-dealkylation sites (N-methyl/N-ethyl adjacent to an activating group) is 1. The summed E-state index contributed by atoms with van der Waals surface area (Å²) in [5.74, 6) is 0.892. The molecule has 0 radical (unpaired) electrons. The van der Waals surface area contributed by atoms with Crippen LogP contribution >= 0.6 is 0 Å². The smallest absolute Gasteiger partial charge is 0.193 e. The van der Waals surface area contributed by atoms with Crippen molar-refractivity contribution < 1.29 is 4.52 Å². The SMILES string of the molecule is CN=C(NCC1CCCN1C)N(C)Cc1ccon1. The first-order valence-electron chi connectivity index (χ1n) is 6.72. The van der Waals surface area contributed by atoms with Crippen LogP contribution in [-0.4, -0.2) is 61.2 Å². The summed E-state index contributed by atoms with van der Waals surface area (Å²) in [6.45, 7) is 2.82. The fraction of sp³-hybridized carbons (Fsp3) is 0.692. The number of rotatable bonds is 4. The van der Waals surface area contributed by atoms with E-state index < -0.39 is 0 Å². The van der Waals surface area contributed by atoms with Gasteiger partial charge in [0.2, 0.25) is 0 Å². The minimum absolute atomic E-state index is 0.609. The molecule has 2 rings (SSSR count). The van der Waals surface area contributed by atoms with Gasteiger partial charge in [-0.25, -0.2) is 0 Å². The summed E-state index contributed by atoms with van der Waals surface area (Å²) in [4.78, 5) is 8.76. The Morgan fingerprint density at radius 1 is 1.68 bits per heavy atom. The van der Waals surface area contributed by atoms with Crippen molar-refractivity contribution in [1.82, 2.24) is 20.3 Å². The number of nitrogens with one attached hydrogen (secondary N) is 1. The monoisotopic (exact) mass is 265 g/mol. The van der Waals surface area contributed by atoms with Gasteiger partial charge in [-0.05, 0) is 26.4 Å². The normalized spacial score (nSPS) is 20.8. The maximum atomic E-state index is 4.84. The Balaban J connectivity index is 1.82. The molecule has 106 valence electrons. The molecule has 0 spiro atoms. The van der Waals surface area contributed by atoms with Crippen LogP contribution in [0.15, 0.2) is 21.8 Å². The van der Waals surface area contributed by atoms with E-state index in [2.05, 4.69) is 27.4 Å². The van der Waals surface area contributed by atoms with Crippen molar-refractivity contribution in [3.63, 3.8) is 0 Å². The van der Waals surface area contributed by atoms with Crippen LogP contribution in [0.4, 0.5) is 0 Å². The minimum atomic E-state index is 0.609. The molecule has 1 aromatic heterocycles. The molecular formula is C13H23N5O. The van der Waals surface area contributed by atoms with E-state index in [0.29, 0.717) is 12.6 Å². The number of guanidine groups is 1. The fourth-order valence-corrected chi connectivity index (χ4v) is 2.47. The highest BCUT2D eigenvalue weighted by atomic mass is 16.5. The molecule has 19 heavy (non-hydrogen) atoms. The largest absolute Gasteiger partial charge is 0.364 e. The van der Waals surface area contributed by atoms with Crippen molar-refractivity contribution in [2.75, 3.05) is 34.2 Å². The van der Waals surface area contributed by atoms with Crippen LogP contribution in [-0.2, 0) is 6.54 Å². The summed E-state index contributed by atoms with van der Waals surface area (Å²) in [7, 11) is 5.99. The van der Waals surface area contributed by atoms with E-state index in [1.165, 1.54) is 19.4 Å². The summed E-state index contributed by atoms with van der Waals surface area (Å²) in [5.41, 5.74) is 0.906. The van der Waals surface area contributed by atoms with Crippen LogP contribution in [0.25, 0.3) is 0 Å². The average molecular weight is 265 g/mol. The van der Waals surface area contributed by atoms with Crippen LogP contribution in [0.5, 0.6) is 0 Å². The van der Waals surface area contributed by atoms with Gasteiger partial charge in [0.15, 0.2) is 5.96 Å². The summed E-state index contributed by atoms with van der Waals surface area (Å²) in [6.07, 6.45) is 4.14. The molecule has 1 saturated heterocycles. The van der Waals surface area contributed by atoms with Crippen LogP contribution in [0.2, 0.25) is 0 Å². The van der Waals surface area contributed by atoms with Gasteiger partial charge in [0.05, 0.1) is 6.54 Å². The zero-order chi connectivity index (χ0) is 13.7. The number of likely N-dealkylation sites (tertiary alicyclic amines) is 1. The average Bonchev–Trinajstić information content (AvgIpc) is 3.02. The van der Waals surface area contributed by atoms with Crippen molar-refractivity contribution in [3.8, 4) is 0 Å². The van der Waals surface area contributed by atoms with E-state index in [4.69, 9.17) is 4.52 Å². The second kappa shape index (κ2) is 6.56. The van der Waals surface area contributed by atoms with Gasteiger partial charge in [-0.1, -0.05) is 5.16 Å². The standard InChI is InChI=1S/C13H23N5O/c1-14-13(15-9-12-5-4-7-17(12)2)18(3)10-11-6-8-19-16-11/h6,8,12H,4-5,7,9-10H2,1-3H3,(H,14,15). The lowest BCUT2D eigenvalue weighted by molar-refractivity contribution is 0.306. The maximum absolute atomic E-state index is 4.84. The summed E-state index contributed by atoms with van der Waals surface area (Å²) in [5, 5.41) is 7.34. The Labute approximate surface area is 114 Å². The molecule has 0 aliphatic carbocycles. The number of nitrogens with zero attached hydrogens (tertiary/aromatic N) is 4. The number of hydrogen-bond acceptors (Lipinski definition) is 4. The van der Waals surface area contributed by atoms with Gasteiger partial charge in [-0.15, -0.1) is 0 Å². The van der Waals surface area contributed by atoms with Gasteiger partial charge in [-0.2, -0.15) is 0 Å². The molecule has 1 aliphatic rings. The Bertz CT molecular complexity index is 403. The van der Waals surface area contributed by atoms with Crippen molar-refractivity contribution in [3.05, 3.63) is 18.0 Å². The molecule has 0 amide bonds.